The molecule has 0 fully saturated rings. The third-order valence-corrected chi connectivity index (χ3v) is 2.24. The number of carbonyl (C=O) groups is 1. The predicted octanol–water partition coefficient (Wildman–Crippen LogP) is 3.41. The Kier molecular flexibility index (Phi) is 4.46. The van der Waals surface area contributed by atoms with Gasteiger partial charge in [-0.3, -0.25) is 5.32 Å². The van der Waals surface area contributed by atoms with Crippen molar-refractivity contribution in [3.05, 3.63) is 28.7 Å². The summed E-state index contributed by atoms with van der Waals surface area (Å²) in [5.74, 6) is 0. The zero-order valence-corrected chi connectivity index (χ0v) is 9.50. The van der Waals surface area contributed by atoms with Crippen LogP contribution in [0.4, 0.5) is 10.5 Å². The SMILES string of the molecule is CCCOC(=O)Nc1ccccc1Br. The molecule has 0 unspecified atom stereocenters. The smallest absolute Gasteiger partial charge is 0.411 e. The fraction of sp³-hybridized carbons (Fsp3) is 0.300. The van der Waals surface area contributed by atoms with Gasteiger partial charge < -0.3 is 4.74 Å². The highest BCUT2D eigenvalue weighted by atomic mass is 79.9. The Morgan fingerprint density at radius 2 is 2.21 bits per heavy atom. The van der Waals surface area contributed by atoms with E-state index in [-0.39, 0.29) is 0 Å². The predicted molar refractivity (Wildman–Crippen MR) is 59.4 cm³/mol. The number of benzene rings is 1. The van der Waals surface area contributed by atoms with Crippen molar-refractivity contribution in [2.75, 3.05) is 11.9 Å². The second kappa shape index (κ2) is 5.65. The van der Waals surface area contributed by atoms with Gasteiger partial charge in [-0.15, -0.1) is 0 Å². The molecule has 0 heterocycles. The van der Waals surface area contributed by atoms with Crippen LogP contribution in [0.3, 0.4) is 0 Å². The lowest BCUT2D eigenvalue weighted by Gasteiger charge is -2.06. The van der Waals surface area contributed by atoms with Gasteiger partial charge in [0.2, 0.25) is 0 Å². The molecule has 4 heteroatoms. The highest BCUT2D eigenvalue weighted by molar-refractivity contribution is 9.10. The van der Waals surface area contributed by atoms with Crippen LogP contribution >= 0.6 is 15.9 Å². The molecule has 0 radical (unpaired) electrons. The lowest BCUT2D eigenvalue weighted by molar-refractivity contribution is 0.161. The molecule has 1 amide bonds. The van der Waals surface area contributed by atoms with Gasteiger partial charge in [0.25, 0.3) is 0 Å². The van der Waals surface area contributed by atoms with Gasteiger partial charge in [-0.1, -0.05) is 19.1 Å². The molecule has 1 aromatic carbocycles. The van der Waals surface area contributed by atoms with Crippen molar-refractivity contribution in [3.63, 3.8) is 0 Å². The number of hydrogen-bond acceptors (Lipinski definition) is 2. The van der Waals surface area contributed by atoms with Crippen molar-refractivity contribution in [2.45, 2.75) is 13.3 Å². The standard InChI is InChI=1S/C10H12BrNO2/c1-2-7-14-10(13)12-9-6-4-3-5-8(9)11/h3-6H,2,7H2,1H3,(H,12,13). The fourth-order valence-electron chi connectivity index (χ4n) is 0.903. The number of ether oxygens (including phenoxy) is 1. The minimum absolute atomic E-state index is 0.418. The number of hydrogen-bond donors (Lipinski definition) is 1. The molecule has 1 rings (SSSR count). The Hall–Kier alpha value is -1.03. The first-order chi connectivity index (χ1) is 6.74. The molecular weight excluding hydrogens is 246 g/mol. The molecule has 1 aromatic rings. The second-order valence-electron chi connectivity index (χ2n) is 2.74. The minimum Gasteiger partial charge on any atom is -0.449 e. The first kappa shape index (κ1) is 11.0. The van der Waals surface area contributed by atoms with Crippen LogP contribution in [0.5, 0.6) is 0 Å². The molecule has 76 valence electrons. The Bertz CT molecular complexity index is 315. The monoisotopic (exact) mass is 257 g/mol. The molecule has 0 aromatic heterocycles. The van der Waals surface area contributed by atoms with E-state index in [9.17, 15) is 4.79 Å². The first-order valence-electron chi connectivity index (χ1n) is 4.42. The maximum atomic E-state index is 11.2. The van der Waals surface area contributed by atoms with Crippen molar-refractivity contribution in [1.82, 2.24) is 0 Å². The summed E-state index contributed by atoms with van der Waals surface area (Å²) in [6, 6.07) is 7.39. The van der Waals surface area contributed by atoms with E-state index in [1.807, 2.05) is 25.1 Å². The molecule has 0 bridgehead atoms. The van der Waals surface area contributed by atoms with Crippen molar-refractivity contribution in [1.29, 1.82) is 0 Å². The molecule has 0 aliphatic heterocycles. The second-order valence-corrected chi connectivity index (χ2v) is 3.60. The number of halogens is 1. The van der Waals surface area contributed by atoms with E-state index in [4.69, 9.17) is 4.74 Å². The molecular formula is C10H12BrNO2. The number of anilines is 1. The molecule has 0 aliphatic carbocycles. The summed E-state index contributed by atoms with van der Waals surface area (Å²) in [7, 11) is 0. The fourth-order valence-corrected chi connectivity index (χ4v) is 1.29. The van der Waals surface area contributed by atoms with E-state index in [0.717, 1.165) is 10.9 Å². The molecule has 0 spiro atoms. The molecule has 0 atom stereocenters. The van der Waals surface area contributed by atoms with E-state index in [0.29, 0.717) is 12.3 Å². The van der Waals surface area contributed by atoms with Crippen LogP contribution in [0, 0.1) is 0 Å². The van der Waals surface area contributed by atoms with E-state index in [1.165, 1.54) is 0 Å². The molecule has 0 aliphatic rings. The van der Waals surface area contributed by atoms with Gasteiger partial charge in [0.1, 0.15) is 0 Å². The first-order valence-corrected chi connectivity index (χ1v) is 5.21. The van der Waals surface area contributed by atoms with Crippen molar-refractivity contribution in [2.24, 2.45) is 0 Å². The van der Waals surface area contributed by atoms with Crippen molar-refractivity contribution in [3.8, 4) is 0 Å². The third-order valence-electron chi connectivity index (χ3n) is 1.55. The van der Waals surface area contributed by atoms with Gasteiger partial charge >= 0.3 is 6.09 Å². The summed E-state index contributed by atoms with van der Waals surface area (Å²) < 4.78 is 5.72. The number of nitrogens with one attached hydrogen (secondary N) is 1. The largest absolute Gasteiger partial charge is 0.449 e. The lowest BCUT2D eigenvalue weighted by atomic mass is 10.3. The van der Waals surface area contributed by atoms with Crippen LogP contribution in [0.1, 0.15) is 13.3 Å². The minimum atomic E-state index is -0.418. The Morgan fingerprint density at radius 3 is 2.86 bits per heavy atom. The van der Waals surface area contributed by atoms with Gasteiger partial charge in [0.05, 0.1) is 12.3 Å². The average Bonchev–Trinajstić information content (AvgIpc) is 2.18. The molecule has 0 saturated heterocycles. The van der Waals surface area contributed by atoms with Gasteiger partial charge in [0, 0.05) is 4.47 Å². The maximum Gasteiger partial charge on any atom is 0.411 e. The van der Waals surface area contributed by atoms with Gasteiger partial charge in [0.15, 0.2) is 0 Å². The van der Waals surface area contributed by atoms with Gasteiger partial charge in [-0.05, 0) is 34.5 Å². The van der Waals surface area contributed by atoms with Crippen LogP contribution in [-0.4, -0.2) is 12.7 Å². The quantitative estimate of drug-likeness (QED) is 0.902. The summed E-state index contributed by atoms with van der Waals surface area (Å²) in [5.41, 5.74) is 0.716. The summed E-state index contributed by atoms with van der Waals surface area (Å²) in [4.78, 5) is 11.2. The Balaban J connectivity index is 2.52. The summed E-state index contributed by atoms with van der Waals surface area (Å²) in [6.45, 7) is 2.39. The summed E-state index contributed by atoms with van der Waals surface area (Å²) in [6.07, 6.45) is 0.405. The van der Waals surface area contributed by atoms with Crippen LogP contribution in [0.2, 0.25) is 0 Å². The Morgan fingerprint density at radius 1 is 1.50 bits per heavy atom. The molecule has 3 nitrogen and oxygen atoms in total. The molecule has 1 N–H and O–H groups in total. The van der Waals surface area contributed by atoms with E-state index in [2.05, 4.69) is 21.2 Å². The van der Waals surface area contributed by atoms with Crippen molar-refractivity contribution < 1.29 is 9.53 Å². The zero-order valence-electron chi connectivity index (χ0n) is 7.92. The number of para-hydroxylation sites is 1. The van der Waals surface area contributed by atoms with Crippen molar-refractivity contribution >= 4 is 27.7 Å². The van der Waals surface area contributed by atoms with Crippen LogP contribution in [0.15, 0.2) is 28.7 Å². The zero-order chi connectivity index (χ0) is 10.4. The summed E-state index contributed by atoms with van der Waals surface area (Å²) in [5, 5.41) is 2.64. The summed E-state index contributed by atoms with van der Waals surface area (Å²) >= 11 is 3.32. The van der Waals surface area contributed by atoms with Crippen LogP contribution in [0.25, 0.3) is 0 Å². The van der Waals surface area contributed by atoms with E-state index in [1.54, 1.807) is 6.07 Å². The van der Waals surface area contributed by atoms with Crippen LogP contribution < -0.4 is 5.32 Å². The lowest BCUT2D eigenvalue weighted by Crippen LogP contribution is -2.14. The highest BCUT2D eigenvalue weighted by Gasteiger charge is 2.04. The molecule has 0 saturated carbocycles. The number of rotatable bonds is 3. The maximum absolute atomic E-state index is 11.2. The van der Waals surface area contributed by atoms with E-state index >= 15 is 0 Å². The number of amides is 1. The topological polar surface area (TPSA) is 38.3 Å². The normalized spacial score (nSPS) is 9.57. The third kappa shape index (κ3) is 3.38. The number of carbonyl (C=O) groups excluding carboxylic acids is 1. The van der Waals surface area contributed by atoms with Gasteiger partial charge in [-0.25, -0.2) is 4.79 Å². The highest BCUT2D eigenvalue weighted by Crippen LogP contribution is 2.21. The van der Waals surface area contributed by atoms with Gasteiger partial charge in [-0.2, -0.15) is 0 Å². The van der Waals surface area contributed by atoms with E-state index < -0.39 is 6.09 Å². The Labute approximate surface area is 91.6 Å². The molecule has 14 heavy (non-hydrogen) atoms. The van der Waals surface area contributed by atoms with Crippen LogP contribution in [-0.2, 0) is 4.74 Å². The average molecular weight is 258 g/mol.